The van der Waals surface area contributed by atoms with Crippen LogP contribution in [0.2, 0.25) is 0 Å². The van der Waals surface area contributed by atoms with Gasteiger partial charge in [0.25, 0.3) is 5.91 Å². The first kappa shape index (κ1) is 24.6. The number of hydrogen-bond acceptors (Lipinski definition) is 5. The van der Waals surface area contributed by atoms with Crippen molar-refractivity contribution in [2.45, 2.75) is 6.18 Å². The minimum absolute atomic E-state index is 0.00169. The fraction of sp³-hybridized carbons (Fsp3) is 0.0357. The van der Waals surface area contributed by atoms with Gasteiger partial charge in [0.2, 0.25) is 0 Å². The molecule has 38 heavy (non-hydrogen) atoms. The number of alkyl halides is 3. The van der Waals surface area contributed by atoms with Crippen molar-refractivity contribution in [1.29, 1.82) is 0 Å². The average Bonchev–Trinajstić information content (AvgIpc) is 3.18. The molecular weight excluding hydrogens is 499 g/mol. The van der Waals surface area contributed by atoms with Crippen LogP contribution in [-0.4, -0.2) is 27.8 Å². The van der Waals surface area contributed by atoms with Crippen LogP contribution < -0.4 is 10.3 Å². The number of nitrogens with zero attached hydrogens (tertiary/aromatic N) is 2. The standard InChI is InChI=1S/C28H18F3N3O4/c29-28(30,31)18-11-13-19(14-12-18)34-23-10-2-1-7-21(23)24(26(34)36)33-32-22-9-4-8-20(25(22)35)16-5-3-6-17(15-16)27(37)38/h1-15,32,35H,(H,37,38)/b33-24-. The molecule has 0 unspecified atom stereocenters. The normalized spacial score (nSPS) is 14.0. The SMILES string of the molecule is O=C(O)c1cccc(-c2cccc(N/N=C3\C(=O)N(c4ccc(C(F)(F)F)cc4)c4ccccc43)c2O)c1. The molecule has 0 saturated carbocycles. The van der Waals surface area contributed by atoms with Crippen LogP contribution in [0.25, 0.3) is 11.1 Å². The zero-order valence-electron chi connectivity index (χ0n) is 19.4. The van der Waals surface area contributed by atoms with Gasteiger partial charge in [0, 0.05) is 16.8 Å². The predicted octanol–water partition coefficient (Wildman–Crippen LogP) is 6.27. The molecule has 7 nitrogen and oxygen atoms in total. The van der Waals surface area contributed by atoms with Crippen LogP contribution in [0.1, 0.15) is 21.5 Å². The van der Waals surface area contributed by atoms with Gasteiger partial charge in [-0.05, 0) is 54.1 Å². The molecule has 1 heterocycles. The van der Waals surface area contributed by atoms with Gasteiger partial charge in [-0.1, -0.05) is 42.5 Å². The molecule has 1 amide bonds. The first-order valence-corrected chi connectivity index (χ1v) is 11.3. The van der Waals surface area contributed by atoms with E-state index in [2.05, 4.69) is 10.5 Å². The van der Waals surface area contributed by atoms with E-state index in [9.17, 15) is 33.0 Å². The number of carboxylic acids is 1. The molecule has 10 heteroatoms. The number of para-hydroxylation sites is 2. The number of carbonyl (C=O) groups is 2. The molecule has 1 aliphatic rings. The first-order valence-electron chi connectivity index (χ1n) is 11.3. The average molecular weight is 517 g/mol. The van der Waals surface area contributed by atoms with Crippen molar-refractivity contribution in [3.05, 3.63) is 108 Å². The fourth-order valence-electron chi connectivity index (χ4n) is 4.17. The van der Waals surface area contributed by atoms with Gasteiger partial charge in [0.05, 0.1) is 22.5 Å². The maximum atomic E-state index is 13.4. The van der Waals surface area contributed by atoms with Gasteiger partial charge in [0.1, 0.15) is 5.75 Å². The summed E-state index contributed by atoms with van der Waals surface area (Å²) in [6, 6.07) is 21.8. The maximum absolute atomic E-state index is 13.4. The van der Waals surface area contributed by atoms with E-state index in [4.69, 9.17) is 0 Å². The number of aromatic hydroxyl groups is 1. The lowest BCUT2D eigenvalue weighted by molar-refractivity contribution is -0.137. The Morgan fingerprint density at radius 2 is 1.55 bits per heavy atom. The molecule has 0 aromatic heterocycles. The Balaban J connectivity index is 1.48. The number of fused-ring (bicyclic) bond motifs is 1. The first-order chi connectivity index (χ1) is 18.1. The highest BCUT2D eigenvalue weighted by molar-refractivity contribution is 6.55. The number of aromatic carboxylic acids is 1. The van der Waals surface area contributed by atoms with Crippen LogP contribution >= 0.6 is 0 Å². The summed E-state index contributed by atoms with van der Waals surface area (Å²) in [5.74, 6) is -1.89. The van der Waals surface area contributed by atoms with Crippen molar-refractivity contribution >= 4 is 34.7 Å². The molecule has 0 bridgehead atoms. The maximum Gasteiger partial charge on any atom is 0.416 e. The summed E-state index contributed by atoms with van der Waals surface area (Å²) in [4.78, 5) is 26.0. The van der Waals surface area contributed by atoms with Gasteiger partial charge in [-0.25, -0.2) is 4.79 Å². The van der Waals surface area contributed by atoms with Crippen molar-refractivity contribution < 1.29 is 33.0 Å². The summed E-state index contributed by atoms with van der Waals surface area (Å²) in [5, 5.41) is 24.4. The zero-order valence-corrected chi connectivity index (χ0v) is 19.4. The minimum atomic E-state index is -4.51. The van der Waals surface area contributed by atoms with E-state index in [1.165, 1.54) is 35.2 Å². The van der Waals surface area contributed by atoms with Crippen LogP contribution in [0, 0.1) is 0 Å². The minimum Gasteiger partial charge on any atom is -0.505 e. The number of nitrogens with one attached hydrogen (secondary N) is 1. The van der Waals surface area contributed by atoms with Crippen LogP contribution in [-0.2, 0) is 11.0 Å². The zero-order chi connectivity index (χ0) is 27.0. The lowest BCUT2D eigenvalue weighted by atomic mass is 10.0. The highest BCUT2D eigenvalue weighted by Gasteiger charge is 2.36. The third kappa shape index (κ3) is 4.43. The quantitative estimate of drug-likeness (QED) is 0.214. The van der Waals surface area contributed by atoms with Gasteiger partial charge in [-0.2, -0.15) is 18.3 Å². The largest absolute Gasteiger partial charge is 0.505 e. The Hall–Kier alpha value is -5.12. The van der Waals surface area contributed by atoms with E-state index in [0.29, 0.717) is 22.4 Å². The topological polar surface area (TPSA) is 102 Å². The molecule has 4 aromatic carbocycles. The predicted molar refractivity (Wildman–Crippen MR) is 136 cm³/mol. The number of hydrazone groups is 1. The van der Waals surface area contributed by atoms with E-state index < -0.39 is 23.6 Å². The van der Waals surface area contributed by atoms with Crippen LogP contribution in [0.3, 0.4) is 0 Å². The van der Waals surface area contributed by atoms with E-state index >= 15 is 0 Å². The molecule has 1 aliphatic heterocycles. The third-order valence-corrected chi connectivity index (χ3v) is 6.00. The Morgan fingerprint density at radius 1 is 0.868 bits per heavy atom. The number of anilines is 3. The molecular formula is C28H18F3N3O4. The molecule has 3 N–H and O–H groups in total. The summed E-state index contributed by atoms with van der Waals surface area (Å²) >= 11 is 0. The number of rotatable bonds is 5. The molecule has 0 aliphatic carbocycles. The Bertz CT molecular complexity index is 1600. The summed E-state index contributed by atoms with van der Waals surface area (Å²) in [6.07, 6.45) is -4.51. The second-order valence-electron chi connectivity index (χ2n) is 8.36. The van der Waals surface area contributed by atoms with Gasteiger partial charge in [-0.3, -0.25) is 15.1 Å². The number of hydrogen-bond donors (Lipinski definition) is 3. The lowest BCUT2D eigenvalue weighted by Crippen LogP contribution is -2.26. The summed E-state index contributed by atoms with van der Waals surface area (Å²) in [5.41, 5.74) is 4.04. The third-order valence-electron chi connectivity index (χ3n) is 6.00. The molecule has 0 spiro atoms. The summed E-state index contributed by atoms with van der Waals surface area (Å²) < 4.78 is 39.0. The van der Waals surface area contributed by atoms with E-state index in [-0.39, 0.29) is 28.4 Å². The molecule has 190 valence electrons. The highest BCUT2D eigenvalue weighted by atomic mass is 19.4. The second-order valence-corrected chi connectivity index (χ2v) is 8.36. The Kier molecular flexibility index (Phi) is 6.08. The number of carboxylic acid groups (broad SMARTS) is 1. The summed E-state index contributed by atoms with van der Waals surface area (Å²) in [6.45, 7) is 0. The van der Waals surface area contributed by atoms with Gasteiger partial charge in [-0.15, -0.1) is 0 Å². The fourth-order valence-corrected chi connectivity index (χ4v) is 4.17. The summed E-state index contributed by atoms with van der Waals surface area (Å²) in [7, 11) is 0. The Labute approximate surface area is 214 Å². The molecule has 4 aromatic rings. The molecule has 0 fully saturated rings. The smallest absolute Gasteiger partial charge is 0.416 e. The van der Waals surface area contributed by atoms with Crippen LogP contribution in [0.15, 0.2) is 96.1 Å². The second kappa shape index (κ2) is 9.40. The van der Waals surface area contributed by atoms with Gasteiger partial charge < -0.3 is 10.2 Å². The van der Waals surface area contributed by atoms with Crippen molar-refractivity contribution in [2.24, 2.45) is 5.10 Å². The number of phenols is 1. The molecule has 0 atom stereocenters. The molecule has 5 rings (SSSR count). The van der Waals surface area contributed by atoms with Crippen molar-refractivity contribution in [2.75, 3.05) is 10.3 Å². The number of amides is 1. The number of halogens is 3. The van der Waals surface area contributed by atoms with Crippen molar-refractivity contribution in [1.82, 2.24) is 0 Å². The van der Waals surface area contributed by atoms with Crippen LogP contribution in [0.4, 0.5) is 30.2 Å². The van der Waals surface area contributed by atoms with Crippen molar-refractivity contribution in [3.8, 4) is 16.9 Å². The number of carbonyl (C=O) groups excluding carboxylic acids is 1. The monoisotopic (exact) mass is 517 g/mol. The van der Waals surface area contributed by atoms with E-state index in [1.807, 2.05) is 0 Å². The van der Waals surface area contributed by atoms with E-state index in [1.54, 1.807) is 48.5 Å². The Morgan fingerprint density at radius 3 is 2.26 bits per heavy atom. The van der Waals surface area contributed by atoms with E-state index in [0.717, 1.165) is 12.1 Å². The molecule has 0 radical (unpaired) electrons. The molecule has 0 saturated heterocycles. The van der Waals surface area contributed by atoms with Gasteiger partial charge >= 0.3 is 12.1 Å². The van der Waals surface area contributed by atoms with Crippen molar-refractivity contribution in [3.63, 3.8) is 0 Å². The lowest BCUT2D eigenvalue weighted by Gasteiger charge is -2.17. The number of phenolic OH excluding ortho intramolecular Hbond substituents is 1. The highest BCUT2D eigenvalue weighted by Crippen LogP contribution is 2.39. The van der Waals surface area contributed by atoms with Gasteiger partial charge in [0.15, 0.2) is 5.71 Å². The number of benzene rings is 4. The van der Waals surface area contributed by atoms with Crippen LogP contribution in [0.5, 0.6) is 5.75 Å².